The van der Waals surface area contributed by atoms with E-state index in [0.717, 1.165) is 68.9 Å². The average Bonchev–Trinajstić information content (AvgIpc) is 2.93. The molecule has 1 fully saturated rings. The average molecular weight is 520 g/mol. The maximum atomic E-state index is 14.9. The molecule has 0 atom stereocenters. The second-order valence-electron chi connectivity index (χ2n) is 11.2. The number of nitrogens with zero attached hydrogens (tertiary/aromatic N) is 1. The van der Waals surface area contributed by atoms with Crippen LogP contribution in [0.25, 0.3) is 11.1 Å². The Morgan fingerprint density at radius 2 is 1.55 bits per heavy atom. The van der Waals surface area contributed by atoms with Crippen LogP contribution in [0, 0.1) is 23.1 Å². The molecule has 4 heteroatoms. The number of unbranched alkanes of at least 4 members (excludes halogenated alkanes) is 8. The number of nitriles is 1. The van der Waals surface area contributed by atoms with Crippen molar-refractivity contribution in [3.8, 4) is 17.2 Å². The summed E-state index contributed by atoms with van der Waals surface area (Å²) in [7, 11) is 0. The number of hydrogen-bond acceptors (Lipinski definition) is 3. The third-order valence-electron chi connectivity index (χ3n) is 8.16. The number of carbonyl (C=O) groups excluding carboxylic acids is 1. The highest BCUT2D eigenvalue weighted by Gasteiger charge is 2.38. The molecule has 0 saturated heterocycles. The summed E-state index contributed by atoms with van der Waals surface area (Å²) in [5.41, 5.74) is 2.36. The highest BCUT2D eigenvalue weighted by molar-refractivity contribution is 5.90. The van der Waals surface area contributed by atoms with Gasteiger partial charge in [-0.15, -0.1) is 0 Å². The molecule has 0 aliphatic heterocycles. The van der Waals surface area contributed by atoms with Gasteiger partial charge in [-0.1, -0.05) is 89.5 Å². The van der Waals surface area contributed by atoms with Gasteiger partial charge in [0.05, 0.1) is 11.6 Å². The van der Waals surface area contributed by atoms with Gasteiger partial charge in [-0.25, -0.2) is 9.18 Å². The van der Waals surface area contributed by atoms with Crippen molar-refractivity contribution in [1.29, 1.82) is 5.26 Å². The van der Waals surface area contributed by atoms with Gasteiger partial charge in [0, 0.05) is 11.5 Å². The second-order valence-corrected chi connectivity index (χ2v) is 11.2. The molecule has 38 heavy (non-hydrogen) atoms. The van der Waals surface area contributed by atoms with Gasteiger partial charge in [-0.05, 0) is 80.7 Å². The first-order valence-electron chi connectivity index (χ1n) is 15.0. The lowest BCUT2D eigenvalue weighted by Gasteiger charge is -2.38. The quantitative estimate of drug-likeness (QED) is 0.174. The van der Waals surface area contributed by atoms with Gasteiger partial charge in [-0.3, -0.25) is 0 Å². The molecule has 0 bridgehead atoms. The van der Waals surface area contributed by atoms with Gasteiger partial charge in [0.2, 0.25) is 0 Å². The first-order chi connectivity index (χ1) is 18.5. The predicted octanol–water partition coefficient (Wildman–Crippen LogP) is 9.98. The van der Waals surface area contributed by atoms with Gasteiger partial charge >= 0.3 is 5.97 Å². The van der Waals surface area contributed by atoms with Crippen LogP contribution in [0.15, 0.2) is 42.5 Å². The number of carbonyl (C=O) groups is 1. The summed E-state index contributed by atoms with van der Waals surface area (Å²) in [6.07, 6.45) is 16.7. The van der Waals surface area contributed by atoms with Crippen LogP contribution >= 0.6 is 0 Å². The summed E-state index contributed by atoms with van der Waals surface area (Å²) in [4.78, 5) is 13.2. The van der Waals surface area contributed by atoms with Crippen molar-refractivity contribution < 1.29 is 13.9 Å². The lowest BCUT2D eigenvalue weighted by atomic mass is 9.76. The topological polar surface area (TPSA) is 50.1 Å². The van der Waals surface area contributed by atoms with Crippen molar-refractivity contribution in [1.82, 2.24) is 0 Å². The Morgan fingerprint density at radius 3 is 2.16 bits per heavy atom. The lowest BCUT2D eigenvalue weighted by Crippen LogP contribution is -2.39. The number of benzene rings is 2. The van der Waals surface area contributed by atoms with Crippen LogP contribution in [-0.4, -0.2) is 11.6 Å². The minimum atomic E-state index is -0.478. The van der Waals surface area contributed by atoms with Gasteiger partial charge < -0.3 is 4.74 Å². The van der Waals surface area contributed by atoms with Crippen LogP contribution in [0.5, 0.6) is 0 Å². The molecule has 206 valence electrons. The molecule has 0 N–H and O–H groups in total. The SMILES string of the molecule is CCCCCCCc1ccc(-c2ccc(C(=O)OC3(CCCCCCC)CCC(C#N)CC3)cc2)c(F)c1. The zero-order valence-corrected chi connectivity index (χ0v) is 23.6. The number of halogens is 1. The van der Waals surface area contributed by atoms with E-state index in [1.807, 2.05) is 24.3 Å². The van der Waals surface area contributed by atoms with Gasteiger partial charge in [0.1, 0.15) is 11.4 Å². The Balaban J connectivity index is 1.61. The summed E-state index contributed by atoms with van der Waals surface area (Å²) in [6, 6.07) is 15.0. The van der Waals surface area contributed by atoms with Crippen molar-refractivity contribution in [3.05, 3.63) is 59.4 Å². The fourth-order valence-electron chi connectivity index (χ4n) is 5.65. The second kappa shape index (κ2) is 15.7. The summed E-state index contributed by atoms with van der Waals surface area (Å²) >= 11 is 0. The monoisotopic (exact) mass is 519 g/mol. The van der Waals surface area contributed by atoms with Crippen molar-refractivity contribution in [2.45, 2.75) is 122 Å². The van der Waals surface area contributed by atoms with Crippen molar-refractivity contribution >= 4 is 5.97 Å². The summed E-state index contributed by atoms with van der Waals surface area (Å²) < 4.78 is 21.1. The van der Waals surface area contributed by atoms with E-state index in [4.69, 9.17) is 4.74 Å². The van der Waals surface area contributed by atoms with Crippen molar-refractivity contribution in [2.75, 3.05) is 0 Å². The molecule has 2 aromatic carbocycles. The first kappa shape index (κ1) is 29.9. The van der Waals surface area contributed by atoms with E-state index < -0.39 is 5.60 Å². The molecule has 0 radical (unpaired) electrons. The van der Waals surface area contributed by atoms with Gasteiger partial charge in [0.25, 0.3) is 0 Å². The third-order valence-corrected chi connectivity index (χ3v) is 8.16. The molecule has 2 aromatic rings. The molecule has 0 heterocycles. The van der Waals surface area contributed by atoms with Crippen LogP contribution in [0.3, 0.4) is 0 Å². The third kappa shape index (κ3) is 8.97. The number of aryl methyl sites for hydroxylation is 1. The summed E-state index contributed by atoms with van der Waals surface area (Å²) in [6.45, 7) is 4.41. The van der Waals surface area contributed by atoms with E-state index in [-0.39, 0.29) is 17.7 Å². The molecular weight excluding hydrogens is 473 g/mol. The van der Waals surface area contributed by atoms with E-state index in [1.54, 1.807) is 18.2 Å². The molecule has 3 nitrogen and oxygen atoms in total. The summed E-state index contributed by atoms with van der Waals surface area (Å²) in [5, 5.41) is 9.33. The van der Waals surface area contributed by atoms with Gasteiger partial charge in [-0.2, -0.15) is 5.26 Å². The number of esters is 1. The highest BCUT2D eigenvalue weighted by atomic mass is 19.1. The molecule has 1 aliphatic carbocycles. The molecule has 0 aromatic heterocycles. The van der Waals surface area contributed by atoms with Crippen LogP contribution in [0.4, 0.5) is 4.39 Å². The molecular formula is C34H46FNO2. The Hall–Kier alpha value is -2.67. The highest BCUT2D eigenvalue weighted by Crippen LogP contribution is 2.39. The largest absolute Gasteiger partial charge is 0.455 e. The van der Waals surface area contributed by atoms with Crippen molar-refractivity contribution in [3.63, 3.8) is 0 Å². The maximum Gasteiger partial charge on any atom is 0.338 e. The fourth-order valence-corrected chi connectivity index (χ4v) is 5.65. The van der Waals surface area contributed by atoms with Crippen molar-refractivity contribution in [2.24, 2.45) is 5.92 Å². The minimum Gasteiger partial charge on any atom is -0.455 e. The van der Waals surface area contributed by atoms with E-state index in [1.165, 1.54) is 44.9 Å². The lowest BCUT2D eigenvalue weighted by molar-refractivity contribution is -0.0476. The van der Waals surface area contributed by atoms with Gasteiger partial charge in [0.15, 0.2) is 0 Å². The number of rotatable bonds is 15. The van der Waals surface area contributed by atoms with Crippen LogP contribution in [0.1, 0.15) is 126 Å². The Kier molecular flexibility index (Phi) is 12.3. The Bertz CT molecular complexity index is 1030. The fraction of sp³-hybridized carbons (Fsp3) is 0.588. The number of ether oxygens (including phenoxy) is 1. The van der Waals surface area contributed by atoms with E-state index in [9.17, 15) is 14.4 Å². The molecule has 0 spiro atoms. The Labute approximate surface area is 229 Å². The standard InChI is InChI=1S/C34H46FNO2/c1-3-5-7-9-11-13-27-14-19-31(32(35)25-27)29-15-17-30(18-16-29)33(37)38-34(22-12-10-8-6-4-2)23-20-28(26-36)21-24-34/h14-19,25,28H,3-13,20-24H2,1-2H3. The van der Waals surface area contributed by atoms with E-state index in [0.29, 0.717) is 11.1 Å². The zero-order chi connectivity index (χ0) is 27.2. The zero-order valence-electron chi connectivity index (χ0n) is 23.6. The molecule has 0 unspecified atom stereocenters. The molecule has 0 amide bonds. The summed E-state index contributed by atoms with van der Waals surface area (Å²) in [5.74, 6) is -0.481. The smallest absolute Gasteiger partial charge is 0.338 e. The number of hydrogen-bond donors (Lipinski definition) is 0. The predicted molar refractivity (Wildman–Crippen MR) is 153 cm³/mol. The molecule has 1 saturated carbocycles. The van der Waals surface area contributed by atoms with Crippen LogP contribution in [0.2, 0.25) is 0 Å². The normalized spacial score (nSPS) is 19.2. The molecule has 1 aliphatic rings. The van der Waals surface area contributed by atoms with Crippen LogP contribution < -0.4 is 0 Å². The van der Waals surface area contributed by atoms with E-state index >= 15 is 0 Å². The van der Waals surface area contributed by atoms with Crippen LogP contribution in [-0.2, 0) is 11.2 Å². The molecule has 3 rings (SSSR count). The van der Waals surface area contributed by atoms with E-state index in [2.05, 4.69) is 19.9 Å². The Morgan fingerprint density at radius 1 is 0.921 bits per heavy atom. The maximum absolute atomic E-state index is 14.9. The minimum absolute atomic E-state index is 0.0588. The first-order valence-corrected chi connectivity index (χ1v) is 15.0.